The zero-order valence-electron chi connectivity index (χ0n) is 17.3. The molecule has 1 saturated heterocycles. The molecule has 2 aliphatic rings. The fraction of sp³-hybridized carbons (Fsp3) is 0.650. The van der Waals surface area contributed by atoms with E-state index in [4.69, 9.17) is 4.52 Å². The van der Waals surface area contributed by atoms with E-state index in [0.717, 1.165) is 38.5 Å². The van der Waals surface area contributed by atoms with Crippen LogP contribution in [0.4, 0.5) is 0 Å². The highest BCUT2D eigenvalue weighted by molar-refractivity contribution is 7.89. The van der Waals surface area contributed by atoms with Gasteiger partial charge in [0.05, 0.1) is 11.9 Å². The van der Waals surface area contributed by atoms with Crippen LogP contribution in [-0.2, 0) is 16.6 Å². The quantitative estimate of drug-likeness (QED) is 0.746. The second-order valence-electron chi connectivity index (χ2n) is 8.16. The lowest BCUT2D eigenvalue weighted by atomic mass is 9.95. The van der Waals surface area contributed by atoms with Crippen molar-refractivity contribution in [2.24, 2.45) is 0 Å². The second kappa shape index (κ2) is 8.89. The van der Waals surface area contributed by atoms with Gasteiger partial charge in [0.1, 0.15) is 4.90 Å². The SMILES string of the molecule is CCn1cc(S(=O)(=O)N2CCC[C@@H](c3cc(C(=O)NC4CCCCC4)on3)C2)cn1. The van der Waals surface area contributed by atoms with Gasteiger partial charge in [0.25, 0.3) is 5.91 Å². The van der Waals surface area contributed by atoms with E-state index in [1.807, 2.05) is 6.92 Å². The largest absolute Gasteiger partial charge is 0.351 e. The average molecular weight is 436 g/mol. The Morgan fingerprint density at radius 2 is 2.03 bits per heavy atom. The molecule has 2 aromatic heterocycles. The molecule has 0 spiro atoms. The predicted octanol–water partition coefficient (Wildman–Crippen LogP) is 2.52. The Morgan fingerprint density at radius 1 is 1.23 bits per heavy atom. The van der Waals surface area contributed by atoms with Gasteiger partial charge in [-0.25, -0.2) is 8.42 Å². The van der Waals surface area contributed by atoms with E-state index in [0.29, 0.717) is 25.3 Å². The maximum atomic E-state index is 13.0. The van der Waals surface area contributed by atoms with Crippen LogP contribution in [0.3, 0.4) is 0 Å². The maximum Gasteiger partial charge on any atom is 0.290 e. The summed E-state index contributed by atoms with van der Waals surface area (Å²) in [6.45, 7) is 3.30. The van der Waals surface area contributed by atoms with E-state index >= 15 is 0 Å². The molecular weight excluding hydrogens is 406 g/mol. The van der Waals surface area contributed by atoms with Crippen LogP contribution in [0.25, 0.3) is 0 Å². The van der Waals surface area contributed by atoms with Crippen LogP contribution < -0.4 is 5.32 Å². The van der Waals surface area contributed by atoms with Crippen LogP contribution in [0, 0.1) is 0 Å². The minimum absolute atomic E-state index is 0.102. The van der Waals surface area contributed by atoms with Gasteiger partial charge in [-0.3, -0.25) is 9.48 Å². The highest BCUT2D eigenvalue weighted by atomic mass is 32.2. The first kappa shape index (κ1) is 21.0. The molecular formula is C20H29N5O4S. The van der Waals surface area contributed by atoms with E-state index in [-0.39, 0.29) is 28.5 Å². The van der Waals surface area contributed by atoms with Crippen LogP contribution in [-0.4, -0.2) is 52.7 Å². The van der Waals surface area contributed by atoms with Crippen LogP contribution in [0.5, 0.6) is 0 Å². The second-order valence-corrected chi connectivity index (χ2v) is 10.1. The molecule has 1 aliphatic carbocycles. The van der Waals surface area contributed by atoms with E-state index < -0.39 is 10.0 Å². The minimum Gasteiger partial charge on any atom is -0.351 e. The molecule has 2 aromatic rings. The molecule has 1 atom stereocenters. The van der Waals surface area contributed by atoms with Gasteiger partial charge >= 0.3 is 0 Å². The van der Waals surface area contributed by atoms with Gasteiger partial charge in [0.2, 0.25) is 15.8 Å². The lowest BCUT2D eigenvalue weighted by Gasteiger charge is -2.30. The zero-order valence-corrected chi connectivity index (χ0v) is 18.1. The molecule has 0 aromatic carbocycles. The van der Waals surface area contributed by atoms with Gasteiger partial charge < -0.3 is 9.84 Å². The Morgan fingerprint density at radius 3 is 2.77 bits per heavy atom. The summed E-state index contributed by atoms with van der Waals surface area (Å²) in [5.41, 5.74) is 0.632. The first-order chi connectivity index (χ1) is 14.5. The van der Waals surface area contributed by atoms with E-state index in [9.17, 15) is 13.2 Å². The number of rotatable bonds is 6. The van der Waals surface area contributed by atoms with Gasteiger partial charge in [-0.2, -0.15) is 9.40 Å². The molecule has 0 radical (unpaired) electrons. The number of sulfonamides is 1. The van der Waals surface area contributed by atoms with Gasteiger partial charge in [0, 0.05) is 43.9 Å². The Hall–Kier alpha value is -2.20. The van der Waals surface area contributed by atoms with Gasteiger partial charge in [-0.1, -0.05) is 24.4 Å². The fourth-order valence-corrected chi connectivity index (χ4v) is 5.77. The Balaban J connectivity index is 1.42. The number of aryl methyl sites for hydroxylation is 1. The monoisotopic (exact) mass is 435 g/mol. The summed E-state index contributed by atoms with van der Waals surface area (Å²) in [5, 5.41) is 11.2. The number of nitrogens with zero attached hydrogens (tertiary/aromatic N) is 4. The summed E-state index contributed by atoms with van der Waals surface area (Å²) >= 11 is 0. The van der Waals surface area contributed by atoms with E-state index in [1.54, 1.807) is 16.9 Å². The number of hydrogen-bond acceptors (Lipinski definition) is 6. The van der Waals surface area contributed by atoms with Crippen molar-refractivity contribution in [2.45, 2.75) is 75.3 Å². The first-order valence-electron chi connectivity index (χ1n) is 10.8. The molecule has 0 unspecified atom stereocenters. The molecule has 4 rings (SSSR count). The molecule has 1 saturated carbocycles. The van der Waals surface area contributed by atoms with Crippen molar-refractivity contribution in [3.05, 3.63) is 29.9 Å². The molecule has 0 bridgehead atoms. The molecule has 30 heavy (non-hydrogen) atoms. The number of carbonyl (C=O) groups excluding carboxylic acids is 1. The zero-order chi connectivity index (χ0) is 21.1. The van der Waals surface area contributed by atoms with Gasteiger partial charge in [-0.15, -0.1) is 0 Å². The summed E-state index contributed by atoms with van der Waals surface area (Å²) in [6, 6.07) is 1.85. The van der Waals surface area contributed by atoms with Crippen molar-refractivity contribution in [1.82, 2.24) is 24.6 Å². The highest BCUT2D eigenvalue weighted by Gasteiger charge is 2.33. The van der Waals surface area contributed by atoms with Crippen LogP contribution in [0.2, 0.25) is 0 Å². The van der Waals surface area contributed by atoms with Crippen molar-refractivity contribution in [3.8, 4) is 0 Å². The lowest BCUT2D eigenvalue weighted by molar-refractivity contribution is 0.0890. The standard InChI is InChI=1S/C20H29N5O4S/c1-2-24-14-17(12-21-24)30(27,28)25-10-6-7-15(13-25)18-11-19(29-23-18)20(26)22-16-8-4-3-5-9-16/h11-12,14-16H,2-10,13H2,1H3,(H,22,26)/t15-/m1/s1. The number of hydrogen-bond donors (Lipinski definition) is 1. The Bertz CT molecular complexity index is 977. The smallest absolute Gasteiger partial charge is 0.290 e. The van der Waals surface area contributed by atoms with Crippen LogP contribution >= 0.6 is 0 Å². The molecule has 9 nitrogen and oxygen atoms in total. The van der Waals surface area contributed by atoms with E-state index in [1.165, 1.54) is 16.9 Å². The molecule has 1 N–H and O–H groups in total. The Labute approximate surface area is 176 Å². The minimum atomic E-state index is -3.61. The molecule has 164 valence electrons. The number of aromatic nitrogens is 3. The Kier molecular flexibility index (Phi) is 6.24. The lowest BCUT2D eigenvalue weighted by Crippen LogP contribution is -2.39. The third-order valence-electron chi connectivity index (χ3n) is 6.07. The molecule has 2 fully saturated rings. The molecule has 1 amide bonds. The topological polar surface area (TPSA) is 110 Å². The average Bonchev–Trinajstić information content (AvgIpc) is 3.45. The van der Waals surface area contributed by atoms with Crippen molar-refractivity contribution in [2.75, 3.05) is 13.1 Å². The maximum absolute atomic E-state index is 13.0. The van der Waals surface area contributed by atoms with Crippen molar-refractivity contribution in [1.29, 1.82) is 0 Å². The third-order valence-corrected chi connectivity index (χ3v) is 7.88. The van der Waals surface area contributed by atoms with Crippen LogP contribution in [0.1, 0.15) is 74.0 Å². The van der Waals surface area contributed by atoms with Crippen molar-refractivity contribution in [3.63, 3.8) is 0 Å². The van der Waals surface area contributed by atoms with Crippen molar-refractivity contribution >= 4 is 15.9 Å². The van der Waals surface area contributed by atoms with Gasteiger partial charge in [-0.05, 0) is 32.6 Å². The summed E-state index contributed by atoms with van der Waals surface area (Å²) in [6.07, 6.45) is 9.97. The molecule has 1 aliphatic heterocycles. The van der Waals surface area contributed by atoms with Crippen molar-refractivity contribution < 1.29 is 17.7 Å². The summed E-state index contributed by atoms with van der Waals surface area (Å²) in [7, 11) is -3.61. The molecule has 10 heteroatoms. The molecule has 3 heterocycles. The predicted molar refractivity (Wildman–Crippen MR) is 109 cm³/mol. The number of amides is 1. The highest BCUT2D eigenvalue weighted by Crippen LogP contribution is 2.30. The number of piperidine rings is 1. The number of carbonyl (C=O) groups is 1. The summed E-state index contributed by atoms with van der Waals surface area (Å²) < 4.78 is 34.4. The van der Waals surface area contributed by atoms with Crippen LogP contribution in [0.15, 0.2) is 27.9 Å². The van der Waals surface area contributed by atoms with E-state index in [2.05, 4.69) is 15.6 Å². The third kappa shape index (κ3) is 4.44. The normalized spacial score (nSPS) is 21.6. The fourth-order valence-electron chi connectivity index (χ4n) is 4.29. The number of nitrogens with one attached hydrogen (secondary N) is 1. The summed E-state index contributed by atoms with van der Waals surface area (Å²) in [5.74, 6) is -0.151. The summed E-state index contributed by atoms with van der Waals surface area (Å²) in [4.78, 5) is 12.7. The first-order valence-corrected chi connectivity index (χ1v) is 12.2. The van der Waals surface area contributed by atoms with Gasteiger partial charge in [0.15, 0.2) is 0 Å².